The average Bonchev–Trinajstić information content (AvgIpc) is 2.34. The van der Waals surface area contributed by atoms with Gasteiger partial charge in [0.05, 0.1) is 5.56 Å². The first kappa shape index (κ1) is 14.9. The van der Waals surface area contributed by atoms with Crippen molar-refractivity contribution in [3.05, 3.63) is 29.8 Å². The molecule has 0 aliphatic heterocycles. The molecular formula is C13H13F3N2O. The van der Waals surface area contributed by atoms with E-state index >= 15 is 0 Å². The van der Waals surface area contributed by atoms with Gasteiger partial charge in [-0.3, -0.25) is 0 Å². The highest BCUT2D eigenvalue weighted by Gasteiger charge is 2.30. The van der Waals surface area contributed by atoms with E-state index < -0.39 is 17.8 Å². The summed E-state index contributed by atoms with van der Waals surface area (Å²) >= 11 is 0. The maximum atomic E-state index is 12.4. The van der Waals surface area contributed by atoms with Crippen LogP contribution < -0.4 is 10.6 Å². The zero-order valence-corrected chi connectivity index (χ0v) is 10.3. The predicted octanol–water partition coefficient (Wildman–Crippen LogP) is 3.24. The topological polar surface area (TPSA) is 41.1 Å². The molecule has 3 nitrogen and oxygen atoms in total. The molecule has 19 heavy (non-hydrogen) atoms. The lowest BCUT2D eigenvalue weighted by molar-refractivity contribution is -0.137. The Morgan fingerprint density at radius 2 is 2.11 bits per heavy atom. The normalized spacial score (nSPS) is 10.3. The minimum absolute atomic E-state index is 0.0916. The molecule has 1 aromatic rings. The number of halogens is 3. The number of benzene rings is 1. The van der Waals surface area contributed by atoms with Crippen LogP contribution >= 0.6 is 0 Å². The Balaban J connectivity index is 2.56. The highest BCUT2D eigenvalue weighted by molar-refractivity contribution is 5.89. The van der Waals surface area contributed by atoms with Crippen LogP contribution in [-0.4, -0.2) is 12.6 Å². The van der Waals surface area contributed by atoms with Crippen molar-refractivity contribution in [1.82, 2.24) is 5.32 Å². The molecule has 0 saturated carbocycles. The van der Waals surface area contributed by atoms with Gasteiger partial charge in [-0.15, -0.1) is 11.8 Å². The van der Waals surface area contributed by atoms with Crippen LogP contribution in [-0.2, 0) is 6.18 Å². The molecule has 0 radical (unpaired) electrons. The third-order valence-corrected chi connectivity index (χ3v) is 2.16. The number of alkyl halides is 3. The van der Waals surface area contributed by atoms with Gasteiger partial charge in [-0.05, 0) is 25.1 Å². The lowest BCUT2D eigenvalue weighted by atomic mass is 10.2. The van der Waals surface area contributed by atoms with Crippen LogP contribution in [0.25, 0.3) is 0 Å². The molecule has 0 bridgehead atoms. The largest absolute Gasteiger partial charge is 0.416 e. The monoisotopic (exact) mass is 270 g/mol. The van der Waals surface area contributed by atoms with E-state index in [1.807, 2.05) is 0 Å². The van der Waals surface area contributed by atoms with E-state index in [4.69, 9.17) is 0 Å². The number of carbonyl (C=O) groups excluding carboxylic acids is 1. The smallest absolute Gasteiger partial charge is 0.337 e. The maximum Gasteiger partial charge on any atom is 0.416 e. The summed E-state index contributed by atoms with van der Waals surface area (Å²) in [5.41, 5.74) is -0.712. The molecule has 0 fully saturated rings. The first-order valence-corrected chi connectivity index (χ1v) is 5.55. The Kier molecular flexibility index (Phi) is 5.24. The molecule has 102 valence electrons. The van der Waals surface area contributed by atoms with Gasteiger partial charge in [-0.25, -0.2) is 4.79 Å². The molecule has 0 aliphatic rings. The Morgan fingerprint density at radius 1 is 1.37 bits per heavy atom. The zero-order valence-electron chi connectivity index (χ0n) is 10.3. The second kappa shape index (κ2) is 6.69. The molecule has 0 aliphatic carbocycles. The van der Waals surface area contributed by atoms with E-state index in [0.717, 1.165) is 12.1 Å². The fraction of sp³-hybridized carbons (Fsp3) is 0.308. The number of anilines is 1. The molecule has 6 heteroatoms. The molecular weight excluding hydrogens is 257 g/mol. The molecule has 0 heterocycles. The summed E-state index contributed by atoms with van der Waals surface area (Å²) in [6.45, 7) is 2.02. The van der Waals surface area contributed by atoms with Crippen LogP contribution in [0.1, 0.15) is 18.9 Å². The second-order valence-electron chi connectivity index (χ2n) is 3.64. The Bertz CT molecular complexity index is 501. The molecule has 2 amide bonds. The van der Waals surface area contributed by atoms with Crippen LogP contribution in [0.5, 0.6) is 0 Å². The van der Waals surface area contributed by atoms with Gasteiger partial charge in [0.25, 0.3) is 0 Å². The van der Waals surface area contributed by atoms with E-state index in [2.05, 4.69) is 22.5 Å². The van der Waals surface area contributed by atoms with Gasteiger partial charge in [0.1, 0.15) is 0 Å². The van der Waals surface area contributed by atoms with E-state index in [-0.39, 0.29) is 5.69 Å². The van der Waals surface area contributed by atoms with Crippen molar-refractivity contribution in [1.29, 1.82) is 0 Å². The molecule has 1 rings (SSSR count). The molecule has 0 unspecified atom stereocenters. The number of urea groups is 1. The summed E-state index contributed by atoms with van der Waals surface area (Å²) in [6.07, 6.45) is -3.93. The number of nitrogens with one attached hydrogen (secondary N) is 2. The standard InChI is InChI=1S/C13H13F3N2O/c1-2-3-4-8-17-12(19)18-11-7-5-6-10(9-11)13(14,15)16/h5-7,9H,4,8H2,1H3,(H2,17,18,19). The minimum Gasteiger partial charge on any atom is -0.337 e. The maximum absolute atomic E-state index is 12.4. The summed E-state index contributed by atoms with van der Waals surface area (Å²) in [7, 11) is 0. The van der Waals surface area contributed by atoms with Gasteiger partial charge in [-0.1, -0.05) is 6.07 Å². The number of hydrogen-bond donors (Lipinski definition) is 2. The summed E-state index contributed by atoms with van der Waals surface area (Å²) in [5, 5.41) is 4.82. The summed E-state index contributed by atoms with van der Waals surface area (Å²) < 4.78 is 37.3. The highest BCUT2D eigenvalue weighted by Crippen LogP contribution is 2.30. The molecule has 0 spiro atoms. The number of carbonyl (C=O) groups is 1. The fourth-order valence-electron chi connectivity index (χ4n) is 1.31. The van der Waals surface area contributed by atoms with Crippen molar-refractivity contribution in [3.8, 4) is 11.8 Å². The Morgan fingerprint density at radius 3 is 2.74 bits per heavy atom. The van der Waals surface area contributed by atoms with Gasteiger partial charge < -0.3 is 10.6 Å². The third-order valence-electron chi connectivity index (χ3n) is 2.16. The van der Waals surface area contributed by atoms with Crippen LogP contribution in [0, 0.1) is 11.8 Å². The number of hydrogen-bond acceptors (Lipinski definition) is 1. The van der Waals surface area contributed by atoms with Crippen molar-refractivity contribution < 1.29 is 18.0 Å². The molecule has 0 aromatic heterocycles. The number of rotatable bonds is 3. The molecule has 2 N–H and O–H groups in total. The van der Waals surface area contributed by atoms with Crippen LogP contribution in [0.4, 0.5) is 23.7 Å². The molecule has 0 atom stereocenters. The van der Waals surface area contributed by atoms with Gasteiger partial charge in [0.15, 0.2) is 0 Å². The van der Waals surface area contributed by atoms with E-state index in [1.165, 1.54) is 12.1 Å². The molecule has 0 saturated heterocycles. The van der Waals surface area contributed by atoms with Gasteiger partial charge in [0.2, 0.25) is 0 Å². The Hall–Kier alpha value is -2.16. The fourth-order valence-corrected chi connectivity index (χ4v) is 1.31. The SMILES string of the molecule is CC#CCCNC(=O)Nc1cccc(C(F)(F)F)c1. The van der Waals surface area contributed by atoms with E-state index in [9.17, 15) is 18.0 Å². The first-order valence-electron chi connectivity index (χ1n) is 5.55. The van der Waals surface area contributed by atoms with Crippen LogP contribution in [0.3, 0.4) is 0 Å². The van der Waals surface area contributed by atoms with Crippen molar-refractivity contribution in [2.75, 3.05) is 11.9 Å². The quantitative estimate of drug-likeness (QED) is 0.642. The second-order valence-corrected chi connectivity index (χ2v) is 3.64. The van der Waals surface area contributed by atoms with Crippen molar-refractivity contribution in [2.24, 2.45) is 0 Å². The summed E-state index contributed by atoms with van der Waals surface area (Å²) in [4.78, 5) is 11.4. The van der Waals surface area contributed by atoms with Crippen LogP contribution in [0.15, 0.2) is 24.3 Å². The summed E-state index contributed by atoms with van der Waals surface area (Å²) in [5.74, 6) is 5.42. The lowest BCUT2D eigenvalue weighted by Crippen LogP contribution is -2.29. The van der Waals surface area contributed by atoms with Crippen molar-refractivity contribution >= 4 is 11.7 Å². The number of amides is 2. The van der Waals surface area contributed by atoms with Crippen LogP contribution in [0.2, 0.25) is 0 Å². The van der Waals surface area contributed by atoms with Crippen molar-refractivity contribution in [3.63, 3.8) is 0 Å². The zero-order chi connectivity index (χ0) is 14.3. The van der Waals surface area contributed by atoms with Gasteiger partial charge >= 0.3 is 12.2 Å². The van der Waals surface area contributed by atoms with E-state index in [1.54, 1.807) is 6.92 Å². The van der Waals surface area contributed by atoms with E-state index in [0.29, 0.717) is 13.0 Å². The van der Waals surface area contributed by atoms with Gasteiger partial charge in [0, 0.05) is 18.7 Å². The molecule has 1 aromatic carbocycles. The third kappa shape index (κ3) is 5.34. The minimum atomic E-state index is -4.43. The average molecular weight is 270 g/mol. The lowest BCUT2D eigenvalue weighted by Gasteiger charge is -2.10. The highest BCUT2D eigenvalue weighted by atomic mass is 19.4. The Labute approximate surface area is 109 Å². The predicted molar refractivity (Wildman–Crippen MR) is 66.5 cm³/mol. The summed E-state index contributed by atoms with van der Waals surface area (Å²) in [6, 6.07) is 3.89. The van der Waals surface area contributed by atoms with Gasteiger partial charge in [-0.2, -0.15) is 13.2 Å². The first-order chi connectivity index (χ1) is 8.93. The van der Waals surface area contributed by atoms with Crippen molar-refractivity contribution in [2.45, 2.75) is 19.5 Å².